The molecule has 3 aromatic rings. The van der Waals surface area contributed by atoms with E-state index in [0.717, 1.165) is 0 Å². The lowest BCUT2D eigenvalue weighted by Gasteiger charge is -2.26. The maximum Gasteiger partial charge on any atom is 0.346 e. The fraction of sp³-hybridized carbons (Fsp3) is 0. The summed E-state index contributed by atoms with van der Waals surface area (Å²) in [6.45, 7) is 7.49. The molecular weight excluding hydrogens is 364 g/mol. The average molecular weight is 370 g/mol. The van der Waals surface area contributed by atoms with E-state index in [1.165, 1.54) is 12.1 Å². The molecule has 27 heavy (non-hydrogen) atoms. The summed E-state index contributed by atoms with van der Waals surface area (Å²) in [6, 6.07) is 11.7. The van der Waals surface area contributed by atoms with E-state index in [0.29, 0.717) is 21.4 Å². The number of benzene rings is 3. The molecule has 1 atom stereocenters. The number of esters is 2. The van der Waals surface area contributed by atoms with Crippen LogP contribution in [0.2, 0.25) is 0 Å². The second-order valence-electron chi connectivity index (χ2n) is 6.03. The highest BCUT2D eigenvalue weighted by Gasteiger charge is 2.36. The van der Waals surface area contributed by atoms with Crippen molar-refractivity contribution in [1.82, 2.24) is 0 Å². The van der Waals surface area contributed by atoms with Crippen LogP contribution < -0.4 is 0 Å². The quantitative estimate of drug-likeness (QED) is 0.267. The van der Waals surface area contributed by atoms with Gasteiger partial charge in [-0.05, 0) is 23.6 Å². The van der Waals surface area contributed by atoms with Crippen molar-refractivity contribution in [3.63, 3.8) is 0 Å². The van der Waals surface area contributed by atoms with Gasteiger partial charge in [0, 0.05) is 16.5 Å². The first kappa shape index (κ1) is 15.4. The van der Waals surface area contributed by atoms with Gasteiger partial charge in [-0.1, -0.05) is 18.2 Å². The normalized spacial score (nSPS) is 16.3. The summed E-state index contributed by atoms with van der Waals surface area (Å²) in [4.78, 5) is 28.7. The lowest BCUT2D eigenvalue weighted by atomic mass is 9.87. The van der Waals surface area contributed by atoms with Crippen LogP contribution in [-0.2, 0) is 15.5 Å². The summed E-state index contributed by atoms with van der Waals surface area (Å²) in [5.74, 6) is -1.72. The minimum atomic E-state index is -1.69. The SMILES string of the molecule is [C-]#[N+]c1cc2c3c(cc(C#N)c4c3c1S(=O)c1ccccc1-4)C(=O)OC2=O. The lowest BCUT2D eigenvalue weighted by Crippen LogP contribution is -2.21. The first-order valence-electron chi connectivity index (χ1n) is 7.79. The molecule has 1 unspecified atom stereocenters. The molecule has 0 saturated carbocycles. The van der Waals surface area contributed by atoms with Crippen LogP contribution in [0.3, 0.4) is 0 Å². The molecule has 126 valence electrons. The Morgan fingerprint density at radius 3 is 2.44 bits per heavy atom. The number of fused-ring (bicyclic) bond motifs is 2. The van der Waals surface area contributed by atoms with Gasteiger partial charge in [-0.25, -0.2) is 14.4 Å². The van der Waals surface area contributed by atoms with Crippen molar-refractivity contribution >= 4 is 39.2 Å². The maximum absolute atomic E-state index is 13.2. The Bertz CT molecular complexity index is 1360. The van der Waals surface area contributed by atoms with Crippen LogP contribution >= 0.6 is 0 Å². The predicted octanol–water partition coefficient (Wildman–Crippen LogP) is 3.72. The van der Waals surface area contributed by atoms with E-state index in [1.54, 1.807) is 24.3 Å². The summed E-state index contributed by atoms with van der Waals surface area (Å²) in [5, 5.41) is 10.3. The average Bonchev–Trinajstić information content (AvgIpc) is 2.69. The molecule has 0 saturated heterocycles. The Labute approximate surface area is 154 Å². The second-order valence-corrected chi connectivity index (χ2v) is 7.42. The van der Waals surface area contributed by atoms with Crippen LogP contribution in [0.15, 0.2) is 46.2 Å². The molecule has 2 heterocycles. The van der Waals surface area contributed by atoms with E-state index in [2.05, 4.69) is 10.9 Å². The number of carbonyl (C=O) groups excluding carboxylic acids is 2. The van der Waals surface area contributed by atoms with E-state index < -0.39 is 22.7 Å². The first-order valence-corrected chi connectivity index (χ1v) is 8.94. The Balaban J connectivity index is 2.16. The highest BCUT2D eigenvalue weighted by Crippen LogP contribution is 2.50. The molecule has 0 amide bonds. The van der Waals surface area contributed by atoms with Crippen molar-refractivity contribution in [3.05, 3.63) is 64.5 Å². The third kappa shape index (κ3) is 1.78. The molecule has 7 heteroatoms. The number of nitriles is 1. The van der Waals surface area contributed by atoms with E-state index in [9.17, 15) is 19.1 Å². The minimum absolute atomic E-state index is 0.0407. The Hall–Kier alpha value is -3.81. The number of ether oxygens (including phenoxy) is 1. The molecule has 0 aliphatic carbocycles. The van der Waals surface area contributed by atoms with Gasteiger partial charge < -0.3 is 4.74 Å². The van der Waals surface area contributed by atoms with E-state index >= 15 is 0 Å². The van der Waals surface area contributed by atoms with E-state index in [4.69, 9.17) is 11.3 Å². The second kappa shape index (κ2) is 5.10. The zero-order valence-corrected chi connectivity index (χ0v) is 14.2. The van der Waals surface area contributed by atoms with Crippen molar-refractivity contribution in [2.45, 2.75) is 9.79 Å². The zero-order valence-electron chi connectivity index (χ0n) is 13.4. The molecule has 6 nitrogen and oxygen atoms in total. The molecule has 0 radical (unpaired) electrons. The predicted molar refractivity (Wildman–Crippen MR) is 94.8 cm³/mol. The Morgan fingerprint density at radius 2 is 1.74 bits per heavy atom. The fourth-order valence-electron chi connectivity index (χ4n) is 3.69. The van der Waals surface area contributed by atoms with Gasteiger partial charge >= 0.3 is 11.9 Å². The standard InChI is InChI=1S/C20H6N2O4S/c1-22-13-7-12-16-11(19(23)26-20(12)24)6-9(8-21)15-10-4-2-3-5-14(10)27(25)18(13)17(15)16/h2-7H. The number of hydrogen-bond acceptors (Lipinski definition) is 5. The number of nitrogens with zero attached hydrogens (tertiary/aromatic N) is 2. The summed E-state index contributed by atoms with van der Waals surface area (Å²) in [7, 11) is -1.69. The van der Waals surface area contributed by atoms with Gasteiger partial charge in [-0.15, -0.1) is 0 Å². The largest absolute Gasteiger partial charge is 0.386 e. The van der Waals surface area contributed by atoms with E-state index in [-0.39, 0.29) is 32.7 Å². The topological polar surface area (TPSA) is 88.6 Å². The highest BCUT2D eigenvalue weighted by molar-refractivity contribution is 7.85. The van der Waals surface area contributed by atoms with E-state index in [1.807, 2.05) is 0 Å². The Morgan fingerprint density at radius 1 is 1.04 bits per heavy atom. The molecule has 3 aromatic carbocycles. The molecule has 2 aliphatic rings. The molecule has 0 N–H and O–H groups in total. The van der Waals surface area contributed by atoms with Gasteiger partial charge in [-0.2, -0.15) is 5.26 Å². The highest BCUT2D eigenvalue weighted by atomic mass is 32.2. The van der Waals surface area contributed by atoms with Crippen LogP contribution in [0.25, 0.3) is 26.7 Å². The number of rotatable bonds is 0. The lowest BCUT2D eigenvalue weighted by molar-refractivity contribution is 0.0391. The monoisotopic (exact) mass is 370 g/mol. The van der Waals surface area contributed by atoms with Crippen LogP contribution in [-0.4, -0.2) is 16.1 Å². The third-order valence-electron chi connectivity index (χ3n) is 4.75. The minimum Gasteiger partial charge on any atom is -0.386 e. The molecular formula is C20H6N2O4S. The molecule has 2 aliphatic heterocycles. The van der Waals surface area contributed by atoms with Crippen LogP contribution in [0, 0.1) is 17.9 Å². The van der Waals surface area contributed by atoms with Gasteiger partial charge in [0.05, 0.1) is 49.9 Å². The van der Waals surface area contributed by atoms with Crippen molar-refractivity contribution in [3.8, 4) is 17.2 Å². The molecule has 0 spiro atoms. The third-order valence-corrected chi connectivity index (χ3v) is 6.28. The summed E-state index contributed by atoms with van der Waals surface area (Å²) in [6.07, 6.45) is 0. The summed E-state index contributed by atoms with van der Waals surface area (Å²) in [5.41, 5.74) is 1.44. The smallest absolute Gasteiger partial charge is 0.346 e. The van der Waals surface area contributed by atoms with Crippen LogP contribution in [0.1, 0.15) is 26.3 Å². The van der Waals surface area contributed by atoms with Crippen molar-refractivity contribution < 1.29 is 18.5 Å². The molecule has 0 aromatic heterocycles. The number of cyclic esters (lactones) is 2. The van der Waals surface area contributed by atoms with Crippen LogP contribution in [0.4, 0.5) is 5.69 Å². The van der Waals surface area contributed by atoms with Crippen molar-refractivity contribution in [1.29, 1.82) is 5.26 Å². The number of hydrogen-bond donors (Lipinski definition) is 0. The van der Waals surface area contributed by atoms with Gasteiger partial charge in [0.25, 0.3) is 0 Å². The molecule has 0 bridgehead atoms. The van der Waals surface area contributed by atoms with Gasteiger partial charge in [0.15, 0.2) is 0 Å². The van der Waals surface area contributed by atoms with Crippen LogP contribution in [0.5, 0.6) is 0 Å². The summed E-state index contributed by atoms with van der Waals surface area (Å²) < 4.78 is 18.0. The first-order chi connectivity index (χ1) is 13.1. The van der Waals surface area contributed by atoms with Gasteiger partial charge in [0.1, 0.15) is 0 Å². The van der Waals surface area contributed by atoms with Crippen molar-refractivity contribution in [2.24, 2.45) is 0 Å². The summed E-state index contributed by atoms with van der Waals surface area (Å²) >= 11 is 0. The van der Waals surface area contributed by atoms with Gasteiger partial charge in [0.2, 0.25) is 5.69 Å². The van der Waals surface area contributed by atoms with Gasteiger partial charge in [-0.3, -0.25) is 4.21 Å². The number of carbonyl (C=O) groups is 2. The maximum atomic E-state index is 13.2. The Kier molecular flexibility index (Phi) is 2.92. The molecule has 5 rings (SSSR count). The fourth-order valence-corrected chi connectivity index (χ4v) is 5.17. The zero-order chi connectivity index (χ0) is 18.9. The molecule has 0 fully saturated rings. The van der Waals surface area contributed by atoms with Crippen molar-refractivity contribution in [2.75, 3.05) is 0 Å².